The molecule has 2 aromatic rings. The van der Waals surface area contributed by atoms with E-state index in [1.54, 1.807) is 6.07 Å². The molecule has 0 bridgehead atoms. The SMILES string of the molecule is [2H]c1c([2H])c(NCc2ccc(CN3CCOCC3)cc2F)c2c(c1[2H])C(=O)N(C1([2H])CCC(=O)NC1=O)C2. The van der Waals surface area contributed by atoms with Crippen molar-refractivity contribution in [2.75, 3.05) is 31.6 Å². The summed E-state index contributed by atoms with van der Waals surface area (Å²) in [5.74, 6) is -2.71. The van der Waals surface area contributed by atoms with E-state index in [9.17, 15) is 18.8 Å². The van der Waals surface area contributed by atoms with Gasteiger partial charge >= 0.3 is 0 Å². The lowest BCUT2D eigenvalue weighted by Gasteiger charge is -2.29. The fourth-order valence-corrected chi connectivity index (χ4v) is 4.40. The summed E-state index contributed by atoms with van der Waals surface area (Å²) in [5, 5.41) is 5.04. The Bertz CT molecular complexity index is 1340. The number of nitrogens with one attached hydrogen (secondary N) is 2. The van der Waals surface area contributed by atoms with Gasteiger partial charge in [0.15, 0.2) is 0 Å². The minimum Gasteiger partial charge on any atom is -0.381 e. The minimum atomic E-state index is -2.07. The molecule has 0 saturated carbocycles. The summed E-state index contributed by atoms with van der Waals surface area (Å²) in [6.07, 6.45) is -0.334. The highest BCUT2D eigenvalue weighted by atomic mass is 19.1. The second kappa shape index (κ2) is 9.52. The normalized spacial score (nSPS) is 24.7. The molecular weight excluding hydrogens is 439 g/mol. The van der Waals surface area contributed by atoms with E-state index >= 15 is 0 Å². The number of carbonyl (C=O) groups excluding carboxylic acids is 3. The van der Waals surface area contributed by atoms with E-state index in [2.05, 4.69) is 15.5 Å². The van der Waals surface area contributed by atoms with E-state index in [1.165, 1.54) is 6.07 Å². The van der Waals surface area contributed by atoms with Crippen molar-refractivity contribution in [1.29, 1.82) is 0 Å². The lowest BCUT2D eigenvalue weighted by molar-refractivity contribution is -0.136. The monoisotopic (exact) mass is 470 g/mol. The Kier molecular flexibility index (Phi) is 5.06. The van der Waals surface area contributed by atoms with Crippen LogP contribution in [0.15, 0.2) is 36.3 Å². The average Bonchev–Trinajstić information content (AvgIpc) is 3.24. The van der Waals surface area contributed by atoms with Crippen LogP contribution in [-0.2, 0) is 34.0 Å². The number of benzene rings is 2. The van der Waals surface area contributed by atoms with E-state index in [0.29, 0.717) is 25.3 Å². The molecule has 2 saturated heterocycles. The third-order valence-electron chi connectivity index (χ3n) is 6.27. The number of carbonyl (C=O) groups is 3. The van der Waals surface area contributed by atoms with E-state index in [1.807, 2.05) is 6.07 Å². The Morgan fingerprint density at radius 1 is 1.24 bits per heavy atom. The molecule has 2 N–H and O–H groups in total. The maximum absolute atomic E-state index is 15.0. The van der Waals surface area contributed by atoms with Gasteiger partial charge in [-0.25, -0.2) is 4.39 Å². The summed E-state index contributed by atoms with van der Waals surface area (Å²) in [5.41, 5.74) is 1.22. The van der Waals surface area contributed by atoms with Crippen LogP contribution in [0.1, 0.15) is 45.4 Å². The first kappa shape index (κ1) is 18.1. The molecule has 1 atom stereocenters. The first-order valence-corrected chi connectivity index (χ1v) is 11.2. The Hall–Kier alpha value is -3.30. The quantitative estimate of drug-likeness (QED) is 0.628. The van der Waals surface area contributed by atoms with Crippen LogP contribution in [-0.4, -0.2) is 59.8 Å². The van der Waals surface area contributed by atoms with Crippen LogP contribution in [0.5, 0.6) is 0 Å². The zero-order valence-electron chi connectivity index (χ0n) is 22.5. The van der Waals surface area contributed by atoms with Crippen molar-refractivity contribution in [2.24, 2.45) is 0 Å². The molecule has 3 amide bonds. The first-order valence-electron chi connectivity index (χ1n) is 13.2. The second-order valence-corrected chi connectivity index (χ2v) is 8.49. The summed E-state index contributed by atoms with van der Waals surface area (Å²) in [4.78, 5) is 40.5. The molecule has 0 aliphatic carbocycles. The Morgan fingerprint density at radius 2 is 2.06 bits per heavy atom. The summed E-state index contributed by atoms with van der Waals surface area (Å²) < 4.78 is 53.8. The van der Waals surface area contributed by atoms with Gasteiger partial charge in [0.05, 0.1) is 18.7 Å². The van der Waals surface area contributed by atoms with Crippen LogP contribution >= 0.6 is 0 Å². The molecule has 2 fully saturated rings. The van der Waals surface area contributed by atoms with E-state index in [-0.39, 0.29) is 48.8 Å². The zero-order valence-corrected chi connectivity index (χ0v) is 18.5. The molecule has 0 aromatic heterocycles. The molecule has 0 radical (unpaired) electrons. The van der Waals surface area contributed by atoms with E-state index in [0.717, 1.165) is 23.6 Å². The van der Waals surface area contributed by atoms with Gasteiger partial charge in [0, 0.05) is 61.5 Å². The molecule has 1 unspecified atom stereocenters. The highest BCUT2D eigenvalue weighted by Crippen LogP contribution is 2.32. The van der Waals surface area contributed by atoms with Crippen molar-refractivity contribution < 1.29 is 29.0 Å². The molecule has 2 aromatic carbocycles. The van der Waals surface area contributed by atoms with E-state index < -0.39 is 41.6 Å². The molecule has 3 aliphatic rings. The zero-order chi connectivity index (χ0) is 27.2. The number of nitrogens with zero attached hydrogens (tertiary/aromatic N) is 2. The van der Waals surface area contributed by atoms with Crippen LogP contribution in [0.25, 0.3) is 0 Å². The van der Waals surface area contributed by atoms with Gasteiger partial charge in [-0.05, 0) is 30.1 Å². The molecule has 8 nitrogen and oxygen atoms in total. The third-order valence-corrected chi connectivity index (χ3v) is 6.27. The van der Waals surface area contributed by atoms with Crippen molar-refractivity contribution in [3.63, 3.8) is 0 Å². The number of fused-ring (bicyclic) bond motifs is 1. The minimum absolute atomic E-state index is 0.0476. The highest BCUT2D eigenvalue weighted by molar-refractivity contribution is 6.06. The fourth-order valence-electron chi connectivity index (χ4n) is 4.40. The second-order valence-electron chi connectivity index (χ2n) is 8.49. The average molecular weight is 471 g/mol. The van der Waals surface area contributed by atoms with Crippen LogP contribution in [0.4, 0.5) is 10.1 Å². The smallest absolute Gasteiger partial charge is 0.255 e. The van der Waals surface area contributed by atoms with Gasteiger partial charge in [-0.3, -0.25) is 24.6 Å². The molecule has 3 heterocycles. The van der Waals surface area contributed by atoms with Gasteiger partial charge in [-0.2, -0.15) is 0 Å². The number of rotatable bonds is 6. The summed E-state index contributed by atoms with van der Waals surface area (Å²) in [6, 6.07) is 1.54. The lowest BCUT2D eigenvalue weighted by Crippen LogP contribution is -2.52. The predicted octanol–water partition coefficient (Wildman–Crippen LogP) is 2.03. The number of hydrogen-bond donors (Lipinski definition) is 2. The number of morpholine rings is 1. The van der Waals surface area contributed by atoms with Gasteiger partial charge in [-0.15, -0.1) is 0 Å². The van der Waals surface area contributed by atoms with Gasteiger partial charge in [0.2, 0.25) is 11.8 Å². The Labute approximate surface area is 202 Å². The summed E-state index contributed by atoms with van der Waals surface area (Å²) in [7, 11) is 0. The van der Waals surface area contributed by atoms with Crippen molar-refractivity contribution in [3.05, 3.63) is 64.4 Å². The van der Waals surface area contributed by atoms with Crippen molar-refractivity contribution in [3.8, 4) is 0 Å². The number of halogens is 1. The first-order chi connectivity index (χ1) is 18.1. The van der Waals surface area contributed by atoms with Crippen molar-refractivity contribution >= 4 is 23.4 Å². The topological polar surface area (TPSA) is 91.0 Å². The molecule has 0 spiro atoms. The molecule has 9 heteroatoms. The number of hydrogen-bond acceptors (Lipinski definition) is 6. The maximum atomic E-state index is 15.0. The standard InChI is InChI=1S/C25H27FN4O4/c26-20-12-16(14-29-8-10-34-11-9-29)4-5-17(20)13-27-21-3-1-2-18-19(21)15-30(25(18)33)22-6-7-23(31)28-24(22)32/h1-5,12,22,27H,6-11,13-15H2,(H,28,31,32)/i1D,2D,3D,22D. The molecule has 3 aliphatic heterocycles. The number of ether oxygens (including phenoxy) is 1. The lowest BCUT2D eigenvalue weighted by atomic mass is 10.0. The molecular formula is C25H27FN4O4. The van der Waals surface area contributed by atoms with Gasteiger partial charge in [-0.1, -0.05) is 18.2 Å². The van der Waals surface area contributed by atoms with Crippen LogP contribution < -0.4 is 10.6 Å². The van der Waals surface area contributed by atoms with Gasteiger partial charge in [0.25, 0.3) is 5.91 Å². The van der Waals surface area contributed by atoms with Crippen LogP contribution in [0.2, 0.25) is 0 Å². The third kappa shape index (κ3) is 4.53. The van der Waals surface area contributed by atoms with Gasteiger partial charge < -0.3 is 15.0 Å². The summed E-state index contributed by atoms with van der Waals surface area (Å²) >= 11 is 0. The number of amides is 3. The van der Waals surface area contributed by atoms with Gasteiger partial charge in [0.1, 0.15) is 11.8 Å². The predicted molar refractivity (Wildman–Crippen MR) is 122 cm³/mol. The Balaban J connectivity index is 1.39. The van der Waals surface area contributed by atoms with E-state index in [4.69, 9.17) is 10.2 Å². The van der Waals surface area contributed by atoms with Crippen LogP contribution in [0, 0.1) is 5.82 Å². The molecule has 178 valence electrons. The maximum Gasteiger partial charge on any atom is 0.255 e. The number of piperidine rings is 1. The molecule has 34 heavy (non-hydrogen) atoms. The largest absolute Gasteiger partial charge is 0.381 e. The van der Waals surface area contributed by atoms with Crippen molar-refractivity contribution in [1.82, 2.24) is 15.1 Å². The summed E-state index contributed by atoms with van der Waals surface area (Å²) in [6.45, 7) is 3.12. The fraction of sp³-hybridized carbons (Fsp3) is 0.400. The number of anilines is 1. The molecule has 5 rings (SSSR count). The number of imide groups is 1. The Morgan fingerprint density at radius 3 is 2.82 bits per heavy atom. The van der Waals surface area contributed by atoms with Crippen molar-refractivity contribution in [2.45, 2.75) is 38.5 Å². The highest BCUT2D eigenvalue weighted by Gasteiger charge is 2.39. The van der Waals surface area contributed by atoms with Crippen LogP contribution in [0.3, 0.4) is 0 Å².